The van der Waals surface area contributed by atoms with E-state index in [1.165, 1.54) is 0 Å². The van der Waals surface area contributed by atoms with E-state index in [0.717, 1.165) is 10.9 Å². The maximum Gasteiger partial charge on any atom is 0.251 e. The molecular weight excluding hydrogens is 325 g/mol. The normalized spacial score (nSPS) is 12.2. The molecule has 0 bridgehead atoms. The summed E-state index contributed by atoms with van der Waals surface area (Å²) in [6, 6.07) is 5.11. The van der Waals surface area contributed by atoms with Gasteiger partial charge in [0.05, 0.1) is 5.02 Å². The van der Waals surface area contributed by atoms with Crippen LogP contribution >= 0.6 is 39.1 Å². The van der Waals surface area contributed by atoms with Crippen molar-refractivity contribution in [2.24, 2.45) is 5.92 Å². The molecule has 5 heteroatoms. The number of amides is 1. The van der Waals surface area contributed by atoms with Gasteiger partial charge in [-0.3, -0.25) is 4.79 Å². The summed E-state index contributed by atoms with van der Waals surface area (Å²) in [4.78, 5) is 11.8. The van der Waals surface area contributed by atoms with Gasteiger partial charge in [0.2, 0.25) is 0 Å². The number of alkyl halides is 1. The van der Waals surface area contributed by atoms with Gasteiger partial charge in [-0.25, -0.2) is 0 Å². The van der Waals surface area contributed by atoms with Gasteiger partial charge < -0.3 is 5.32 Å². The van der Waals surface area contributed by atoms with Crippen molar-refractivity contribution in [3.8, 4) is 0 Å². The van der Waals surface area contributed by atoms with E-state index in [2.05, 4.69) is 28.2 Å². The van der Waals surface area contributed by atoms with Crippen LogP contribution in [0.1, 0.15) is 23.7 Å². The number of hydrogen-bond acceptors (Lipinski definition) is 1. The lowest BCUT2D eigenvalue weighted by Crippen LogP contribution is -2.28. The van der Waals surface area contributed by atoms with Crippen molar-refractivity contribution in [3.05, 3.63) is 33.3 Å². The van der Waals surface area contributed by atoms with Gasteiger partial charge in [-0.15, -0.1) is 11.6 Å². The summed E-state index contributed by atoms with van der Waals surface area (Å²) in [6.45, 7) is 2.69. The average molecular weight is 339 g/mol. The Hall–Kier alpha value is -0.250. The SMILES string of the molecule is CC(CCCl)CNC(=O)c1ccc(Cl)c(Br)c1. The standard InChI is InChI=1S/C12H14BrCl2NO/c1-8(4-5-14)7-16-12(17)9-2-3-11(15)10(13)6-9/h2-3,6,8H,4-5,7H2,1H3,(H,16,17). The third-order valence-electron chi connectivity index (χ3n) is 2.39. The minimum absolute atomic E-state index is 0.0937. The minimum Gasteiger partial charge on any atom is -0.352 e. The smallest absolute Gasteiger partial charge is 0.251 e. The Morgan fingerprint density at radius 3 is 2.82 bits per heavy atom. The Bertz CT molecular complexity index is 398. The second kappa shape index (κ2) is 7.24. The molecule has 1 rings (SSSR count). The summed E-state index contributed by atoms with van der Waals surface area (Å²) in [7, 11) is 0. The van der Waals surface area contributed by atoms with Gasteiger partial charge in [0.25, 0.3) is 5.91 Å². The van der Waals surface area contributed by atoms with Crippen molar-refractivity contribution in [1.82, 2.24) is 5.32 Å². The number of benzene rings is 1. The fraction of sp³-hybridized carbons (Fsp3) is 0.417. The van der Waals surface area contributed by atoms with Crippen LogP contribution in [0.4, 0.5) is 0 Å². The van der Waals surface area contributed by atoms with Crippen molar-refractivity contribution in [2.75, 3.05) is 12.4 Å². The maximum atomic E-state index is 11.8. The van der Waals surface area contributed by atoms with Crippen molar-refractivity contribution < 1.29 is 4.79 Å². The van der Waals surface area contributed by atoms with Crippen LogP contribution in [0.5, 0.6) is 0 Å². The van der Waals surface area contributed by atoms with Gasteiger partial charge in [0, 0.05) is 22.5 Å². The molecule has 0 saturated carbocycles. The minimum atomic E-state index is -0.0937. The first kappa shape index (κ1) is 14.8. The first-order valence-electron chi connectivity index (χ1n) is 5.33. The van der Waals surface area contributed by atoms with Gasteiger partial charge in [-0.2, -0.15) is 0 Å². The molecule has 1 atom stereocenters. The molecule has 0 spiro atoms. The Kier molecular flexibility index (Phi) is 6.31. The van der Waals surface area contributed by atoms with E-state index in [9.17, 15) is 4.79 Å². The molecule has 94 valence electrons. The monoisotopic (exact) mass is 337 g/mol. The molecule has 1 aromatic carbocycles. The molecule has 1 amide bonds. The number of rotatable bonds is 5. The third kappa shape index (κ3) is 4.86. The summed E-state index contributed by atoms with van der Waals surface area (Å²) < 4.78 is 0.723. The highest BCUT2D eigenvalue weighted by Crippen LogP contribution is 2.23. The van der Waals surface area contributed by atoms with Crippen molar-refractivity contribution in [2.45, 2.75) is 13.3 Å². The molecule has 0 saturated heterocycles. The van der Waals surface area contributed by atoms with E-state index in [1.54, 1.807) is 18.2 Å². The lowest BCUT2D eigenvalue weighted by Gasteiger charge is -2.11. The first-order valence-corrected chi connectivity index (χ1v) is 7.04. The van der Waals surface area contributed by atoms with E-state index in [0.29, 0.717) is 28.9 Å². The van der Waals surface area contributed by atoms with Crippen molar-refractivity contribution in [1.29, 1.82) is 0 Å². The Labute approximate surface area is 120 Å². The molecular formula is C12H14BrCl2NO. The predicted octanol–water partition coefficient (Wildman–Crippen LogP) is 4.10. The third-order valence-corrected chi connectivity index (χ3v) is 3.83. The molecule has 0 radical (unpaired) electrons. The van der Waals surface area contributed by atoms with Crippen molar-refractivity contribution in [3.63, 3.8) is 0 Å². The molecule has 1 aromatic rings. The molecule has 0 fully saturated rings. The zero-order valence-corrected chi connectivity index (χ0v) is 12.6. The lowest BCUT2D eigenvalue weighted by molar-refractivity contribution is 0.0948. The van der Waals surface area contributed by atoms with E-state index in [1.807, 2.05) is 0 Å². The highest BCUT2D eigenvalue weighted by Gasteiger charge is 2.09. The molecule has 17 heavy (non-hydrogen) atoms. The Balaban J connectivity index is 2.55. The van der Waals surface area contributed by atoms with Crippen LogP contribution in [-0.2, 0) is 0 Å². The van der Waals surface area contributed by atoms with Gasteiger partial charge in [0.15, 0.2) is 0 Å². The van der Waals surface area contributed by atoms with Gasteiger partial charge in [-0.1, -0.05) is 18.5 Å². The highest BCUT2D eigenvalue weighted by atomic mass is 79.9. The summed E-state index contributed by atoms with van der Waals surface area (Å²) in [6.07, 6.45) is 0.895. The summed E-state index contributed by atoms with van der Waals surface area (Å²) in [5.74, 6) is 0.903. The molecule has 0 aliphatic carbocycles. The molecule has 1 unspecified atom stereocenters. The molecule has 2 nitrogen and oxygen atoms in total. The fourth-order valence-electron chi connectivity index (χ4n) is 1.29. The van der Waals surface area contributed by atoms with Crippen LogP contribution in [0.25, 0.3) is 0 Å². The lowest BCUT2D eigenvalue weighted by atomic mass is 10.1. The molecule has 0 aliphatic rings. The molecule has 0 heterocycles. The van der Waals surface area contributed by atoms with E-state index >= 15 is 0 Å². The largest absolute Gasteiger partial charge is 0.352 e. The van der Waals surface area contributed by atoms with E-state index in [-0.39, 0.29) is 5.91 Å². The van der Waals surface area contributed by atoms with Crippen molar-refractivity contribution >= 4 is 45.0 Å². The fourth-order valence-corrected chi connectivity index (χ4v) is 2.16. The number of carbonyl (C=O) groups is 1. The zero-order chi connectivity index (χ0) is 12.8. The second-order valence-corrected chi connectivity index (χ2v) is 5.56. The quantitative estimate of drug-likeness (QED) is 0.805. The number of hydrogen-bond donors (Lipinski definition) is 1. The highest BCUT2D eigenvalue weighted by molar-refractivity contribution is 9.10. The predicted molar refractivity (Wildman–Crippen MR) is 76.0 cm³/mol. The van der Waals surface area contributed by atoms with E-state index in [4.69, 9.17) is 23.2 Å². The van der Waals surface area contributed by atoms with Gasteiger partial charge in [0.1, 0.15) is 0 Å². The Morgan fingerprint density at radius 2 is 2.24 bits per heavy atom. The van der Waals surface area contributed by atoms with Crippen LogP contribution in [0.3, 0.4) is 0 Å². The van der Waals surface area contributed by atoms with Crippen LogP contribution < -0.4 is 5.32 Å². The zero-order valence-electron chi connectivity index (χ0n) is 9.47. The molecule has 0 aromatic heterocycles. The van der Waals surface area contributed by atoms with E-state index < -0.39 is 0 Å². The summed E-state index contributed by atoms with van der Waals surface area (Å²) in [5.41, 5.74) is 0.597. The summed E-state index contributed by atoms with van der Waals surface area (Å²) in [5, 5.41) is 3.46. The molecule has 1 N–H and O–H groups in total. The van der Waals surface area contributed by atoms with Crippen LogP contribution in [-0.4, -0.2) is 18.3 Å². The number of nitrogens with one attached hydrogen (secondary N) is 1. The number of halogens is 3. The van der Waals surface area contributed by atoms with Gasteiger partial charge >= 0.3 is 0 Å². The van der Waals surface area contributed by atoms with Gasteiger partial charge in [-0.05, 0) is 46.5 Å². The van der Waals surface area contributed by atoms with Crippen LogP contribution in [0.15, 0.2) is 22.7 Å². The number of carbonyl (C=O) groups excluding carboxylic acids is 1. The van der Waals surface area contributed by atoms with Crippen LogP contribution in [0, 0.1) is 5.92 Å². The molecule has 0 aliphatic heterocycles. The summed E-state index contributed by atoms with van der Waals surface area (Å²) >= 11 is 14.8. The second-order valence-electron chi connectivity index (χ2n) is 3.92. The maximum absolute atomic E-state index is 11.8. The average Bonchev–Trinajstić information content (AvgIpc) is 2.30. The topological polar surface area (TPSA) is 29.1 Å². The van der Waals surface area contributed by atoms with Crippen LogP contribution in [0.2, 0.25) is 5.02 Å². The first-order chi connectivity index (χ1) is 8.04. The Morgan fingerprint density at radius 1 is 1.53 bits per heavy atom.